The molecule has 0 saturated carbocycles. The van der Waals surface area contributed by atoms with Crippen LogP contribution in [0, 0.1) is 0 Å². The number of rotatable bonds is 14. The summed E-state index contributed by atoms with van der Waals surface area (Å²) in [6.45, 7) is 12.1. The first kappa shape index (κ1) is 29.0. The molecule has 2 aromatic carbocycles. The fraction of sp³-hybridized carbons (Fsp3) is 0.467. The molecule has 1 amide bonds. The number of amides is 1. The molecule has 1 N–H and O–H groups in total. The molecule has 1 unspecified atom stereocenters. The monoisotopic (exact) mass is 524 g/mol. The Morgan fingerprint density at radius 3 is 2.29 bits per heavy atom. The Morgan fingerprint density at radius 1 is 0.974 bits per heavy atom. The topological polar surface area (TPSA) is 88.5 Å². The van der Waals surface area contributed by atoms with Crippen LogP contribution in [0.1, 0.15) is 57.7 Å². The molecule has 206 valence electrons. The van der Waals surface area contributed by atoms with Crippen LogP contribution in [0.15, 0.2) is 48.0 Å². The smallest absolute Gasteiger partial charge is 0.295 e. The number of benzene rings is 2. The van der Waals surface area contributed by atoms with Crippen molar-refractivity contribution in [3.63, 3.8) is 0 Å². The second-order valence-electron chi connectivity index (χ2n) is 9.09. The van der Waals surface area contributed by atoms with Crippen LogP contribution >= 0.6 is 0 Å². The molecule has 8 heteroatoms. The van der Waals surface area contributed by atoms with Crippen molar-refractivity contribution >= 4 is 17.4 Å². The molecule has 1 aliphatic rings. The van der Waals surface area contributed by atoms with Crippen LogP contribution in [0.3, 0.4) is 0 Å². The van der Waals surface area contributed by atoms with E-state index in [9.17, 15) is 14.7 Å². The summed E-state index contributed by atoms with van der Waals surface area (Å²) in [6.07, 6.45) is 1.55. The van der Waals surface area contributed by atoms with Crippen molar-refractivity contribution in [2.75, 3.05) is 46.5 Å². The second kappa shape index (κ2) is 13.9. The van der Waals surface area contributed by atoms with Crippen LogP contribution < -0.4 is 14.2 Å². The Labute approximate surface area is 225 Å². The van der Waals surface area contributed by atoms with Gasteiger partial charge in [-0.05, 0) is 81.4 Å². The van der Waals surface area contributed by atoms with E-state index in [0.29, 0.717) is 54.6 Å². The van der Waals surface area contributed by atoms with Crippen LogP contribution in [0.25, 0.3) is 5.76 Å². The molecule has 2 aromatic rings. The molecule has 0 aliphatic carbocycles. The standard InChI is InChI=1S/C30H40N2O6/c1-6-19-38-24-16-13-22(20-25(24)37-9-4)27-26(28(33)21-11-14-23(36-5)15-12-21)29(34)30(35)32(27)18-10-17-31(7-2)8-3/h11-16,20,27,33H,6-10,17-19H2,1-5H3. The minimum absolute atomic E-state index is 0.0627. The van der Waals surface area contributed by atoms with Crippen LogP contribution in [0.4, 0.5) is 0 Å². The van der Waals surface area contributed by atoms with Gasteiger partial charge in [-0.15, -0.1) is 0 Å². The zero-order chi connectivity index (χ0) is 27.7. The number of nitrogens with zero attached hydrogens (tertiary/aromatic N) is 2. The molecule has 38 heavy (non-hydrogen) atoms. The SMILES string of the molecule is CCCOc1ccc(C2C(=C(O)c3ccc(OC)cc3)C(=O)C(=O)N2CCCN(CC)CC)cc1OCC. The molecule has 1 saturated heterocycles. The summed E-state index contributed by atoms with van der Waals surface area (Å²) in [5.41, 5.74) is 1.17. The van der Waals surface area contributed by atoms with Crippen molar-refractivity contribution in [3.05, 3.63) is 59.2 Å². The van der Waals surface area contributed by atoms with Gasteiger partial charge in [0.25, 0.3) is 11.7 Å². The molecule has 1 fully saturated rings. The van der Waals surface area contributed by atoms with E-state index in [2.05, 4.69) is 18.7 Å². The zero-order valence-corrected chi connectivity index (χ0v) is 23.2. The first-order valence-corrected chi connectivity index (χ1v) is 13.4. The fourth-order valence-electron chi connectivity index (χ4n) is 4.66. The number of ether oxygens (including phenoxy) is 3. The molecule has 0 spiro atoms. The van der Waals surface area contributed by atoms with E-state index in [1.165, 1.54) is 0 Å². The Hall–Kier alpha value is -3.52. The second-order valence-corrected chi connectivity index (χ2v) is 9.09. The Morgan fingerprint density at radius 2 is 1.68 bits per heavy atom. The number of hydrogen-bond donors (Lipinski definition) is 1. The molecule has 0 bridgehead atoms. The lowest BCUT2D eigenvalue weighted by atomic mass is 9.95. The summed E-state index contributed by atoms with van der Waals surface area (Å²) in [5.74, 6) is 0.234. The maximum atomic E-state index is 13.4. The molecule has 1 atom stereocenters. The van der Waals surface area contributed by atoms with Crippen LogP contribution in [-0.4, -0.2) is 73.1 Å². The summed E-state index contributed by atoms with van der Waals surface area (Å²) in [7, 11) is 1.56. The summed E-state index contributed by atoms with van der Waals surface area (Å²) >= 11 is 0. The summed E-state index contributed by atoms with van der Waals surface area (Å²) in [6, 6.07) is 11.5. The third-order valence-corrected chi connectivity index (χ3v) is 6.72. The third kappa shape index (κ3) is 6.48. The van der Waals surface area contributed by atoms with E-state index in [0.717, 1.165) is 26.1 Å². The number of aliphatic hydroxyl groups is 1. The lowest BCUT2D eigenvalue weighted by molar-refractivity contribution is -0.140. The lowest BCUT2D eigenvalue weighted by Crippen LogP contribution is -2.33. The van der Waals surface area contributed by atoms with Crippen molar-refractivity contribution in [2.45, 2.75) is 46.6 Å². The number of methoxy groups -OCH3 is 1. The maximum Gasteiger partial charge on any atom is 0.295 e. The van der Waals surface area contributed by atoms with Crippen molar-refractivity contribution in [1.29, 1.82) is 0 Å². The number of likely N-dealkylation sites (tertiary alicyclic amines) is 1. The first-order chi connectivity index (χ1) is 18.4. The summed E-state index contributed by atoms with van der Waals surface area (Å²) < 4.78 is 16.9. The number of carbonyl (C=O) groups is 2. The molecule has 3 rings (SSSR count). The van der Waals surface area contributed by atoms with Gasteiger partial charge in [-0.3, -0.25) is 9.59 Å². The minimum atomic E-state index is -0.756. The van der Waals surface area contributed by atoms with E-state index in [-0.39, 0.29) is 11.3 Å². The van der Waals surface area contributed by atoms with Crippen LogP contribution in [0.5, 0.6) is 17.2 Å². The van der Waals surface area contributed by atoms with Gasteiger partial charge in [-0.25, -0.2) is 0 Å². The average molecular weight is 525 g/mol. The molecule has 1 heterocycles. The zero-order valence-electron chi connectivity index (χ0n) is 23.2. The van der Waals surface area contributed by atoms with Gasteiger partial charge in [0.15, 0.2) is 11.5 Å². The van der Waals surface area contributed by atoms with Gasteiger partial charge in [0.1, 0.15) is 11.5 Å². The van der Waals surface area contributed by atoms with Gasteiger partial charge in [-0.2, -0.15) is 0 Å². The van der Waals surface area contributed by atoms with Crippen molar-refractivity contribution in [2.24, 2.45) is 0 Å². The van der Waals surface area contributed by atoms with Gasteiger partial charge < -0.3 is 29.1 Å². The molecule has 0 radical (unpaired) electrons. The van der Waals surface area contributed by atoms with Crippen molar-refractivity contribution < 1.29 is 28.9 Å². The largest absolute Gasteiger partial charge is 0.507 e. The predicted octanol–water partition coefficient (Wildman–Crippen LogP) is 5.04. The van der Waals surface area contributed by atoms with E-state index < -0.39 is 17.7 Å². The van der Waals surface area contributed by atoms with Gasteiger partial charge in [0, 0.05) is 12.1 Å². The summed E-state index contributed by atoms with van der Waals surface area (Å²) in [5, 5.41) is 11.3. The maximum absolute atomic E-state index is 13.4. The van der Waals surface area contributed by atoms with Crippen LogP contribution in [0.2, 0.25) is 0 Å². The van der Waals surface area contributed by atoms with E-state index in [1.54, 1.807) is 42.3 Å². The lowest BCUT2D eigenvalue weighted by Gasteiger charge is -2.27. The van der Waals surface area contributed by atoms with Crippen molar-refractivity contribution in [1.82, 2.24) is 9.80 Å². The Balaban J connectivity index is 2.09. The quantitative estimate of drug-likeness (QED) is 0.211. The van der Waals surface area contributed by atoms with E-state index in [4.69, 9.17) is 14.2 Å². The van der Waals surface area contributed by atoms with Gasteiger partial charge in [0.2, 0.25) is 0 Å². The average Bonchev–Trinajstić information content (AvgIpc) is 3.19. The van der Waals surface area contributed by atoms with Gasteiger partial charge in [0.05, 0.1) is 31.9 Å². The molecule has 0 aromatic heterocycles. The highest BCUT2D eigenvalue weighted by Gasteiger charge is 2.46. The number of Topliss-reactive ketones (excluding diaryl/α,β-unsaturated/α-hetero) is 1. The highest BCUT2D eigenvalue weighted by atomic mass is 16.5. The minimum Gasteiger partial charge on any atom is -0.507 e. The van der Waals surface area contributed by atoms with Gasteiger partial charge in [-0.1, -0.05) is 26.8 Å². The number of carbonyl (C=O) groups excluding carboxylic acids is 2. The highest BCUT2D eigenvalue weighted by Crippen LogP contribution is 2.42. The third-order valence-electron chi connectivity index (χ3n) is 6.72. The predicted molar refractivity (Wildman–Crippen MR) is 148 cm³/mol. The van der Waals surface area contributed by atoms with E-state index >= 15 is 0 Å². The normalized spacial score (nSPS) is 16.8. The summed E-state index contributed by atoms with van der Waals surface area (Å²) in [4.78, 5) is 30.5. The molecule has 8 nitrogen and oxygen atoms in total. The van der Waals surface area contributed by atoms with Gasteiger partial charge >= 0.3 is 0 Å². The fourth-order valence-corrected chi connectivity index (χ4v) is 4.66. The number of aliphatic hydroxyl groups excluding tert-OH is 1. The number of ketones is 1. The Bertz CT molecular complexity index is 1120. The van der Waals surface area contributed by atoms with Crippen LogP contribution in [-0.2, 0) is 9.59 Å². The molecular weight excluding hydrogens is 484 g/mol. The van der Waals surface area contributed by atoms with E-state index in [1.807, 2.05) is 26.0 Å². The molecular formula is C30H40N2O6. The van der Waals surface area contributed by atoms with Crippen molar-refractivity contribution in [3.8, 4) is 17.2 Å². The number of hydrogen-bond acceptors (Lipinski definition) is 7. The Kier molecular flexibility index (Phi) is 10.6. The molecule has 1 aliphatic heterocycles. The highest BCUT2D eigenvalue weighted by molar-refractivity contribution is 6.46. The first-order valence-electron chi connectivity index (χ1n) is 13.4.